The molecule has 3 aromatic rings. The predicted molar refractivity (Wildman–Crippen MR) is 119 cm³/mol. The number of nitrogens with one attached hydrogen (secondary N) is 2. The molecule has 168 valence electrons. The van der Waals surface area contributed by atoms with Gasteiger partial charge in [-0.3, -0.25) is 9.52 Å². The van der Waals surface area contributed by atoms with Crippen molar-refractivity contribution in [3.63, 3.8) is 0 Å². The van der Waals surface area contributed by atoms with Crippen LogP contribution in [0.5, 0.6) is 0 Å². The highest BCUT2D eigenvalue weighted by atomic mass is 32.2. The van der Waals surface area contributed by atoms with E-state index in [1.807, 2.05) is 13.0 Å². The lowest BCUT2D eigenvalue weighted by molar-refractivity contribution is 0.102. The van der Waals surface area contributed by atoms with E-state index in [1.54, 1.807) is 25.1 Å². The molecule has 0 saturated heterocycles. The van der Waals surface area contributed by atoms with Gasteiger partial charge in [0.2, 0.25) is 10.0 Å². The number of sulfonamides is 2. The van der Waals surface area contributed by atoms with Gasteiger partial charge in [0.1, 0.15) is 5.82 Å². The Hall–Kier alpha value is -3.28. The van der Waals surface area contributed by atoms with Gasteiger partial charge in [-0.2, -0.15) is 0 Å². The molecule has 8 nitrogen and oxygen atoms in total. The molecule has 0 bridgehead atoms. The van der Waals surface area contributed by atoms with E-state index in [0.717, 1.165) is 23.8 Å². The topological polar surface area (TPSA) is 135 Å². The van der Waals surface area contributed by atoms with Crippen LogP contribution in [0.4, 0.5) is 15.8 Å². The number of nitrogens with two attached hydrogens (primary N) is 1. The van der Waals surface area contributed by atoms with Crippen LogP contribution in [0.2, 0.25) is 0 Å². The zero-order valence-electron chi connectivity index (χ0n) is 17.1. The maximum atomic E-state index is 13.8. The Morgan fingerprint density at radius 2 is 1.62 bits per heavy atom. The number of hydrogen-bond donors (Lipinski definition) is 3. The smallest absolute Gasteiger partial charge is 0.262 e. The molecule has 32 heavy (non-hydrogen) atoms. The maximum absolute atomic E-state index is 13.8. The number of amides is 1. The summed E-state index contributed by atoms with van der Waals surface area (Å²) in [7, 11) is -8.20. The van der Waals surface area contributed by atoms with Crippen molar-refractivity contribution in [3.05, 3.63) is 83.2 Å². The van der Waals surface area contributed by atoms with Gasteiger partial charge in [0.05, 0.1) is 9.79 Å². The average Bonchev–Trinajstić information content (AvgIpc) is 2.66. The van der Waals surface area contributed by atoms with E-state index in [1.165, 1.54) is 18.2 Å². The van der Waals surface area contributed by atoms with E-state index >= 15 is 0 Å². The minimum Gasteiger partial charge on any atom is -0.322 e. The van der Waals surface area contributed by atoms with Crippen molar-refractivity contribution >= 4 is 37.3 Å². The number of primary sulfonamides is 1. The number of aryl methyl sites for hydroxylation is 2. The van der Waals surface area contributed by atoms with Crippen LogP contribution in [0, 0.1) is 19.7 Å². The highest BCUT2D eigenvalue weighted by molar-refractivity contribution is 7.92. The number of hydrogen-bond acceptors (Lipinski definition) is 5. The van der Waals surface area contributed by atoms with Gasteiger partial charge in [0.25, 0.3) is 15.9 Å². The molecular weight excluding hydrogens is 457 g/mol. The van der Waals surface area contributed by atoms with Gasteiger partial charge in [0, 0.05) is 16.9 Å². The zero-order chi connectivity index (χ0) is 23.7. The summed E-state index contributed by atoms with van der Waals surface area (Å²) in [6.45, 7) is 3.40. The first-order valence-corrected chi connectivity index (χ1v) is 12.2. The second-order valence-corrected chi connectivity index (χ2v) is 10.3. The molecule has 0 fully saturated rings. The number of halogens is 1. The first-order valence-electron chi connectivity index (χ1n) is 9.20. The molecule has 0 heterocycles. The Kier molecular flexibility index (Phi) is 6.35. The summed E-state index contributed by atoms with van der Waals surface area (Å²) in [6, 6.07) is 13.5. The highest BCUT2D eigenvalue weighted by Gasteiger charge is 2.20. The third-order valence-electron chi connectivity index (χ3n) is 4.47. The third kappa shape index (κ3) is 5.49. The minimum absolute atomic E-state index is 0.0263. The summed E-state index contributed by atoms with van der Waals surface area (Å²) in [6.07, 6.45) is 0. The van der Waals surface area contributed by atoms with Crippen molar-refractivity contribution in [2.75, 3.05) is 10.0 Å². The van der Waals surface area contributed by atoms with E-state index in [-0.39, 0.29) is 16.1 Å². The summed E-state index contributed by atoms with van der Waals surface area (Å²) in [5.41, 5.74) is 1.46. The lowest BCUT2D eigenvalue weighted by Gasteiger charge is -2.13. The average molecular weight is 478 g/mol. The van der Waals surface area contributed by atoms with Crippen molar-refractivity contribution in [2.45, 2.75) is 23.6 Å². The van der Waals surface area contributed by atoms with Crippen molar-refractivity contribution in [2.24, 2.45) is 5.14 Å². The van der Waals surface area contributed by atoms with Gasteiger partial charge in [-0.15, -0.1) is 0 Å². The first kappa shape index (κ1) is 23.4. The van der Waals surface area contributed by atoms with Crippen LogP contribution in [0.15, 0.2) is 70.5 Å². The Morgan fingerprint density at radius 1 is 0.906 bits per heavy atom. The van der Waals surface area contributed by atoms with E-state index < -0.39 is 36.7 Å². The summed E-state index contributed by atoms with van der Waals surface area (Å²) >= 11 is 0. The molecule has 0 aliphatic carbocycles. The van der Waals surface area contributed by atoms with Crippen molar-refractivity contribution < 1.29 is 26.0 Å². The van der Waals surface area contributed by atoms with Crippen molar-refractivity contribution in [3.8, 4) is 0 Å². The largest absolute Gasteiger partial charge is 0.322 e. The number of carbonyl (C=O) groups excluding carboxylic acids is 1. The molecule has 3 aromatic carbocycles. The number of rotatable bonds is 6. The predicted octanol–water partition coefficient (Wildman–Crippen LogP) is 3.14. The van der Waals surface area contributed by atoms with Crippen LogP contribution in [0.25, 0.3) is 0 Å². The Labute approximate surface area is 185 Å². The molecule has 0 spiro atoms. The molecule has 0 saturated carbocycles. The van der Waals surface area contributed by atoms with E-state index in [9.17, 15) is 26.0 Å². The number of benzene rings is 3. The summed E-state index contributed by atoms with van der Waals surface area (Å²) in [4.78, 5) is 12.0. The molecule has 0 aliphatic heterocycles. The fourth-order valence-corrected chi connectivity index (χ4v) is 4.84. The summed E-state index contributed by atoms with van der Waals surface area (Å²) in [5.74, 6) is -1.68. The SMILES string of the molecule is Cc1cccc(NS(=O)(=O)c2cc(C(=O)Nc3cc(F)cc(S(N)(=O)=O)c3)ccc2C)c1. The van der Waals surface area contributed by atoms with Gasteiger partial charge >= 0.3 is 0 Å². The van der Waals surface area contributed by atoms with Gasteiger partial charge < -0.3 is 5.32 Å². The van der Waals surface area contributed by atoms with Crippen molar-refractivity contribution in [1.82, 2.24) is 0 Å². The van der Waals surface area contributed by atoms with Gasteiger partial charge in [-0.1, -0.05) is 18.2 Å². The highest BCUT2D eigenvalue weighted by Crippen LogP contribution is 2.23. The molecular formula is C21H20FN3O5S2. The number of carbonyl (C=O) groups is 1. The van der Waals surface area contributed by atoms with E-state index in [2.05, 4.69) is 10.0 Å². The van der Waals surface area contributed by atoms with Gasteiger partial charge in [-0.25, -0.2) is 26.4 Å². The summed E-state index contributed by atoms with van der Waals surface area (Å²) < 4.78 is 65.0. The van der Waals surface area contributed by atoms with Crippen LogP contribution in [0.3, 0.4) is 0 Å². The van der Waals surface area contributed by atoms with E-state index in [4.69, 9.17) is 5.14 Å². The normalized spacial score (nSPS) is 11.8. The molecule has 0 aromatic heterocycles. The Morgan fingerprint density at radius 3 is 2.28 bits per heavy atom. The standard InChI is InChI=1S/C21H20FN3O5S2/c1-13-4-3-5-17(8-13)25-32(29,30)20-9-15(7-6-14(20)2)21(26)24-18-10-16(22)11-19(12-18)31(23,27)28/h3-12,25H,1-2H3,(H,24,26)(H2,23,27,28). The molecule has 0 unspecified atom stereocenters. The lowest BCUT2D eigenvalue weighted by Crippen LogP contribution is -2.18. The molecule has 0 radical (unpaired) electrons. The maximum Gasteiger partial charge on any atom is 0.262 e. The van der Waals surface area contributed by atoms with Crippen LogP contribution in [0.1, 0.15) is 21.5 Å². The van der Waals surface area contributed by atoms with Gasteiger partial charge in [-0.05, 0) is 67.4 Å². The Balaban J connectivity index is 1.91. The van der Waals surface area contributed by atoms with E-state index in [0.29, 0.717) is 11.3 Å². The van der Waals surface area contributed by atoms with Crippen LogP contribution >= 0.6 is 0 Å². The molecule has 3 rings (SSSR count). The first-order chi connectivity index (χ1) is 14.8. The molecule has 1 amide bonds. The fourth-order valence-electron chi connectivity index (χ4n) is 2.95. The lowest BCUT2D eigenvalue weighted by atomic mass is 10.1. The van der Waals surface area contributed by atoms with Crippen LogP contribution in [-0.4, -0.2) is 22.7 Å². The molecule has 0 aliphatic rings. The minimum atomic E-state index is -4.19. The molecule has 0 atom stereocenters. The monoisotopic (exact) mass is 477 g/mol. The second-order valence-electron chi connectivity index (χ2n) is 7.13. The fraction of sp³-hybridized carbons (Fsp3) is 0.0952. The zero-order valence-corrected chi connectivity index (χ0v) is 18.7. The van der Waals surface area contributed by atoms with Crippen molar-refractivity contribution in [1.29, 1.82) is 0 Å². The second kappa shape index (κ2) is 8.69. The van der Waals surface area contributed by atoms with Gasteiger partial charge in [0.15, 0.2) is 0 Å². The number of anilines is 2. The summed E-state index contributed by atoms with van der Waals surface area (Å²) in [5, 5.41) is 7.37. The van der Waals surface area contributed by atoms with Crippen LogP contribution < -0.4 is 15.2 Å². The molecule has 4 N–H and O–H groups in total. The third-order valence-corrected chi connectivity index (χ3v) is 6.88. The quantitative estimate of drug-likeness (QED) is 0.501. The van der Waals surface area contributed by atoms with Crippen LogP contribution in [-0.2, 0) is 20.0 Å². The Bertz CT molecular complexity index is 1420. The molecule has 11 heteroatoms.